The van der Waals surface area contributed by atoms with Crippen molar-refractivity contribution in [3.63, 3.8) is 0 Å². The zero-order valence-corrected chi connectivity index (χ0v) is 6.56. The van der Waals surface area contributed by atoms with E-state index >= 15 is 0 Å². The highest BCUT2D eigenvalue weighted by Gasteiger charge is 2.13. The molecule has 0 fully saturated rings. The molecule has 56 valence electrons. The van der Waals surface area contributed by atoms with Gasteiger partial charge in [0.15, 0.2) is 0 Å². The van der Waals surface area contributed by atoms with Crippen LogP contribution >= 0.6 is 11.6 Å². The molecule has 0 heterocycles. The van der Waals surface area contributed by atoms with Gasteiger partial charge in [0.05, 0.1) is 6.10 Å². The van der Waals surface area contributed by atoms with Crippen molar-refractivity contribution in [1.29, 1.82) is 0 Å². The Morgan fingerprint density at radius 2 is 2.50 bits per heavy atom. The van der Waals surface area contributed by atoms with E-state index in [0.29, 0.717) is 5.03 Å². The smallest absolute Gasteiger partial charge is 0.0962 e. The molecule has 1 aliphatic carbocycles. The first-order valence-electron chi connectivity index (χ1n) is 3.09. The van der Waals surface area contributed by atoms with E-state index < -0.39 is 0 Å². The van der Waals surface area contributed by atoms with Crippen LogP contribution in [-0.4, -0.2) is 13.2 Å². The summed E-state index contributed by atoms with van der Waals surface area (Å²) < 4.78 is 5.05. The van der Waals surface area contributed by atoms with Crippen LogP contribution in [0.25, 0.3) is 0 Å². The first-order valence-corrected chi connectivity index (χ1v) is 3.47. The molecular weight excluding hydrogens is 150 g/mol. The second kappa shape index (κ2) is 3.08. The molecule has 2 N–H and O–H groups in total. The molecule has 0 aromatic rings. The van der Waals surface area contributed by atoms with Crippen molar-refractivity contribution < 1.29 is 4.74 Å². The predicted molar refractivity (Wildman–Crippen MR) is 41.6 cm³/mol. The van der Waals surface area contributed by atoms with Crippen LogP contribution in [0.4, 0.5) is 0 Å². The molecule has 1 unspecified atom stereocenters. The lowest BCUT2D eigenvalue weighted by atomic mass is 10.1. The molecule has 0 amide bonds. The van der Waals surface area contributed by atoms with Crippen LogP contribution in [0.2, 0.25) is 0 Å². The lowest BCUT2D eigenvalue weighted by Gasteiger charge is -2.16. The number of hydrogen-bond donors (Lipinski definition) is 1. The summed E-state index contributed by atoms with van der Waals surface area (Å²) >= 11 is 5.79. The van der Waals surface area contributed by atoms with Gasteiger partial charge in [0.2, 0.25) is 0 Å². The Bertz CT molecular complexity index is 186. The number of rotatable bonds is 1. The van der Waals surface area contributed by atoms with E-state index in [-0.39, 0.29) is 6.10 Å². The molecule has 0 aliphatic heterocycles. The summed E-state index contributed by atoms with van der Waals surface area (Å²) in [7, 11) is 1.64. The summed E-state index contributed by atoms with van der Waals surface area (Å²) in [5.41, 5.74) is 6.21. The highest BCUT2D eigenvalue weighted by molar-refractivity contribution is 6.30. The van der Waals surface area contributed by atoms with Crippen molar-refractivity contribution in [3.05, 3.63) is 22.9 Å². The SMILES string of the molecule is COC1CC=C(N)C=C1Cl. The summed E-state index contributed by atoms with van der Waals surface area (Å²) in [6.07, 6.45) is 4.41. The van der Waals surface area contributed by atoms with E-state index in [4.69, 9.17) is 22.1 Å². The van der Waals surface area contributed by atoms with E-state index in [2.05, 4.69) is 0 Å². The van der Waals surface area contributed by atoms with Crippen molar-refractivity contribution in [2.75, 3.05) is 7.11 Å². The molecule has 2 nitrogen and oxygen atoms in total. The van der Waals surface area contributed by atoms with Gasteiger partial charge in [-0.05, 0) is 12.5 Å². The average Bonchev–Trinajstić information content (AvgIpc) is 1.88. The predicted octanol–water partition coefficient (Wildman–Crippen LogP) is 1.37. The van der Waals surface area contributed by atoms with Gasteiger partial charge in [-0.3, -0.25) is 0 Å². The summed E-state index contributed by atoms with van der Waals surface area (Å²) in [6, 6.07) is 0. The molecule has 3 heteroatoms. The van der Waals surface area contributed by atoms with Crippen molar-refractivity contribution in [3.8, 4) is 0 Å². The minimum Gasteiger partial charge on any atom is -0.399 e. The summed E-state index contributed by atoms with van der Waals surface area (Å²) in [5, 5.41) is 0.683. The Morgan fingerprint density at radius 3 is 3.00 bits per heavy atom. The van der Waals surface area contributed by atoms with Crippen LogP contribution in [0.3, 0.4) is 0 Å². The summed E-state index contributed by atoms with van der Waals surface area (Å²) in [6.45, 7) is 0. The van der Waals surface area contributed by atoms with Crippen molar-refractivity contribution >= 4 is 11.6 Å². The molecule has 1 aliphatic rings. The minimum absolute atomic E-state index is 0.00830. The van der Waals surface area contributed by atoms with Gasteiger partial charge < -0.3 is 10.5 Å². The highest BCUT2D eigenvalue weighted by Crippen LogP contribution is 2.20. The van der Waals surface area contributed by atoms with E-state index in [1.165, 1.54) is 0 Å². The first kappa shape index (κ1) is 7.63. The fourth-order valence-electron chi connectivity index (χ4n) is 0.876. The number of halogens is 1. The molecule has 0 radical (unpaired) electrons. The third-order valence-corrected chi connectivity index (χ3v) is 1.82. The van der Waals surface area contributed by atoms with Gasteiger partial charge >= 0.3 is 0 Å². The van der Waals surface area contributed by atoms with Crippen LogP contribution in [0, 0.1) is 0 Å². The maximum absolute atomic E-state index is 5.79. The molecule has 10 heavy (non-hydrogen) atoms. The van der Waals surface area contributed by atoms with Gasteiger partial charge in [0.25, 0.3) is 0 Å². The normalized spacial score (nSPS) is 25.6. The van der Waals surface area contributed by atoms with Crippen LogP contribution in [-0.2, 0) is 4.74 Å². The van der Waals surface area contributed by atoms with E-state index in [0.717, 1.165) is 12.1 Å². The van der Waals surface area contributed by atoms with Gasteiger partial charge in [0.1, 0.15) is 0 Å². The maximum atomic E-state index is 5.79. The lowest BCUT2D eigenvalue weighted by molar-refractivity contribution is 0.138. The number of ether oxygens (including phenoxy) is 1. The molecule has 1 atom stereocenters. The van der Waals surface area contributed by atoms with Gasteiger partial charge in [-0.25, -0.2) is 0 Å². The molecule has 0 saturated carbocycles. The van der Waals surface area contributed by atoms with Crippen LogP contribution in [0.5, 0.6) is 0 Å². The largest absolute Gasteiger partial charge is 0.399 e. The Kier molecular flexibility index (Phi) is 2.35. The fraction of sp³-hybridized carbons (Fsp3) is 0.429. The second-order valence-corrected chi connectivity index (χ2v) is 2.63. The van der Waals surface area contributed by atoms with Crippen molar-refractivity contribution in [1.82, 2.24) is 0 Å². The van der Waals surface area contributed by atoms with Crippen molar-refractivity contribution in [2.24, 2.45) is 5.73 Å². The fourth-order valence-corrected chi connectivity index (χ4v) is 1.18. The Hall–Kier alpha value is -0.470. The first-order chi connectivity index (χ1) is 4.74. The third kappa shape index (κ3) is 1.52. The van der Waals surface area contributed by atoms with Gasteiger partial charge in [-0.15, -0.1) is 0 Å². The maximum Gasteiger partial charge on any atom is 0.0962 e. The number of hydrogen-bond acceptors (Lipinski definition) is 2. The highest BCUT2D eigenvalue weighted by atomic mass is 35.5. The monoisotopic (exact) mass is 159 g/mol. The van der Waals surface area contributed by atoms with Crippen molar-refractivity contribution in [2.45, 2.75) is 12.5 Å². The molecule has 0 bridgehead atoms. The van der Waals surface area contributed by atoms with Crippen LogP contribution in [0.1, 0.15) is 6.42 Å². The van der Waals surface area contributed by atoms with Gasteiger partial charge in [-0.1, -0.05) is 17.7 Å². The zero-order valence-electron chi connectivity index (χ0n) is 5.80. The molecule has 0 saturated heterocycles. The second-order valence-electron chi connectivity index (χ2n) is 2.19. The van der Waals surface area contributed by atoms with E-state index in [9.17, 15) is 0 Å². The Morgan fingerprint density at radius 1 is 1.80 bits per heavy atom. The lowest BCUT2D eigenvalue weighted by Crippen LogP contribution is -2.14. The van der Waals surface area contributed by atoms with E-state index in [1.807, 2.05) is 6.08 Å². The number of nitrogens with two attached hydrogens (primary N) is 1. The quantitative estimate of drug-likeness (QED) is 0.627. The zero-order chi connectivity index (χ0) is 7.56. The number of allylic oxidation sites excluding steroid dienone is 1. The molecular formula is C7H10ClNO. The van der Waals surface area contributed by atoms with Gasteiger partial charge in [-0.2, -0.15) is 0 Å². The topological polar surface area (TPSA) is 35.2 Å². The van der Waals surface area contributed by atoms with Crippen LogP contribution in [0.15, 0.2) is 22.9 Å². The third-order valence-electron chi connectivity index (χ3n) is 1.46. The van der Waals surface area contributed by atoms with Crippen LogP contribution < -0.4 is 5.73 Å². The Balaban J connectivity index is 2.68. The number of methoxy groups -OCH3 is 1. The molecule has 0 aromatic carbocycles. The standard InChI is InChI=1S/C7H10ClNO/c1-10-7-3-2-5(9)4-6(7)8/h2,4,7H,3,9H2,1H3. The average molecular weight is 160 g/mol. The van der Waals surface area contributed by atoms with Gasteiger partial charge in [0, 0.05) is 17.8 Å². The minimum atomic E-state index is 0.00830. The summed E-state index contributed by atoms with van der Waals surface area (Å²) in [5.74, 6) is 0. The Labute approximate surface area is 65.3 Å². The summed E-state index contributed by atoms with van der Waals surface area (Å²) in [4.78, 5) is 0. The molecule has 0 spiro atoms. The molecule has 1 rings (SSSR count). The molecule has 0 aromatic heterocycles. The van der Waals surface area contributed by atoms with E-state index in [1.54, 1.807) is 13.2 Å².